The highest BCUT2D eigenvalue weighted by Crippen LogP contribution is 2.45. The van der Waals surface area contributed by atoms with E-state index in [2.05, 4.69) is 25.2 Å². The summed E-state index contributed by atoms with van der Waals surface area (Å²) in [6.07, 6.45) is 1.51. The zero-order valence-corrected chi connectivity index (χ0v) is 13.4. The minimum atomic E-state index is -3.38. The predicted octanol–water partition coefficient (Wildman–Crippen LogP) is 2.23. The monoisotopic (exact) mass is 316 g/mol. The van der Waals surface area contributed by atoms with Crippen molar-refractivity contribution in [2.24, 2.45) is 10.6 Å². The maximum atomic E-state index is 10.9. The quantitative estimate of drug-likeness (QED) is 0.818. The van der Waals surface area contributed by atoms with Gasteiger partial charge in [-0.3, -0.25) is 0 Å². The van der Waals surface area contributed by atoms with Crippen molar-refractivity contribution in [1.29, 1.82) is 0 Å². The van der Waals surface area contributed by atoms with E-state index < -0.39 is 10.0 Å². The van der Waals surface area contributed by atoms with Crippen molar-refractivity contribution in [3.05, 3.63) is 34.3 Å². The van der Waals surface area contributed by atoms with Gasteiger partial charge in [0.05, 0.1) is 5.75 Å². The van der Waals surface area contributed by atoms with E-state index in [-0.39, 0.29) is 17.2 Å². The summed E-state index contributed by atoms with van der Waals surface area (Å²) in [7, 11) is -3.38. The number of nitrogens with two attached hydrogens (primary N) is 1. The highest BCUT2D eigenvalue weighted by Gasteiger charge is 2.38. The molecule has 0 aliphatic heterocycles. The molecule has 0 amide bonds. The van der Waals surface area contributed by atoms with Gasteiger partial charge in [-0.15, -0.1) is 0 Å². The fourth-order valence-corrected chi connectivity index (χ4v) is 3.64. The third-order valence-corrected chi connectivity index (χ3v) is 4.89. The van der Waals surface area contributed by atoms with Gasteiger partial charge in [0.2, 0.25) is 10.0 Å². The second-order valence-corrected chi connectivity index (χ2v) is 8.29. The molecular formula is C14H21ClN2O2S. The summed E-state index contributed by atoms with van der Waals surface area (Å²) in [6.45, 7) is 5.03. The Labute approximate surface area is 125 Å². The van der Waals surface area contributed by atoms with E-state index in [0.29, 0.717) is 13.0 Å². The van der Waals surface area contributed by atoms with Crippen LogP contribution in [0, 0.1) is 5.41 Å². The molecule has 1 aliphatic rings. The molecule has 0 fully saturated rings. The predicted molar refractivity (Wildman–Crippen MR) is 82.3 cm³/mol. The Morgan fingerprint density at radius 2 is 2.15 bits per heavy atom. The summed E-state index contributed by atoms with van der Waals surface area (Å²) in [5.74, 6) is 0.00948. The molecule has 3 N–H and O–H groups in total. The SMILES string of the molecule is CC1(C)Cc2ccc(Cl)cc2C1NCCCS(N)(=O)=O. The van der Waals surface area contributed by atoms with Crippen molar-refractivity contribution in [1.82, 2.24) is 5.32 Å². The molecule has 0 saturated carbocycles. The summed E-state index contributed by atoms with van der Waals surface area (Å²) >= 11 is 6.08. The second kappa shape index (κ2) is 5.64. The molecule has 0 radical (unpaired) electrons. The molecule has 1 atom stereocenters. The van der Waals surface area contributed by atoms with Crippen LogP contribution < -0.4 is 10.5 Å². The van der Waals surface area contributed by atoms with Crippen molar-refractivity contribution in [3.8, 4) is 0 Å². The van der Waals surface area contributed by atoms with Crippen LogP contribution in [0.4, 0.5) is 0 Å². The fraction of sp³-hybridized carbons (Fsp3) is 0.571. The number of sulfonamides is 1. The Hall–Kier alpha value is -0.620. The first kappa shape index (κ1) is 15.8. The highest BCUT2D eigenvalue weighted by molar-refractivity contribution is 7.89. The van der Waals surface area contributed by atoms with Crippen LogP contribution in [0.15, 0.2) is 18.2 Å². The van der Waals surface area contributed by atoms with Crippen molar-refractivity contribution >= 4 is 21.6 Å². The molecule has 0 bridgehead atoms. The van der Waals surface area contributed by atoms with Gasteiger partial charge in [-0.25, -0.2) is 13.6 Å². The molecule has 0 spiro atoms. The van der Waals surface area contributed by atoms with Gasteiger partial charge in [-0.05, 0) is 48.1 Å². The molecule has 0 aromatic heterocycles. The molecule has 112 valence electrons. The third-order valence-electron chi connectivity index (χ3n) is 3.80. The average molecular weight is 317 g/mol. The average Bonchev–Trinajstić information content (AvgIpc) is 2.54. The molecule has 20 heavy (non-hydrogen) atoms. The number of nitrogens with one attached hydrogen (secondary N) is 1. The van der Waals surface area contributed by atoms with E-state index in [1.54, 1.807) is 0 Å². The standard InChI is InChI=1S/C14H21ClN2O2S/c1-14(2)9-10-4-5-11(15)8-12(10)13(14)17-6-3-7-20(16,18)19/h4-5,8,13,17H,3,6-7,9H2,1-2H3,(H2,16,18,19). The number of hydrogen-bond acceptors (Lipinski definition) is 3. The van der Waals surface area contributed by atoms with E-state index in [4.69, 9.17) is 16.7 Å². The van der Waals surface area contributed by atoms with E-state index in [0.717, 1.165) is 11.4 Å². The topological polar surface area (TPSA) is 72.2 Å². The first-order valence-corrected chi connectivity index (χ1v) is 8.80. The first-order chi connectivity index (χ1) is 9.19. The fourth-order valence-electron chi connectivity index (χ4n) is 2.92. The van der Waals surface area contributed by atoms with Gasteiger partial charge in [0, 0.05) is 11.1 Å². The van der Waals surface area contributed by atoms with Crippen LogP contribution in [0.5, 0.6) is 0 Å². The smallest absolute Gasteiger partial charge is 0.209 e. The molecule has 1 aliphatic carbocycles. The number of primary sulfonamides is 1. The molecule has 1 unspecified atom stereocenters. The lowest BCUT2D eigenvalue weighted by molar-refractivity contribution is 0.270. The lowest BCUT2D eigenvalue weighted by Gasteiger charge is -2.28. The van der Waals surface area contributed by atoms with E-state index in [1.807, 2.05) is 12.1 Å². The Morgan fingerprint density at radius 3 is 2.80 bits per heavy atom. The Bertz CT molecular complexity index is 599. The molecular weight excluding hydrogens is 296 g/mol. The Balaban J connectivity index is 2.05. The zero-order chi connectivity index (χ0) is 15.0. The number of halogens is 1. The molecule has 1 aromatic rings. The lowest BCUT2D eigenvalue weighted by atomic mass is 9.85. The summed E-state index contributed by atoms with van der Waals surface area (Å²) < 4.78 is 21.9. The molecule has 1 aromatic carbocycles. The summed E-state index contributed by atoms with van der Waals surface area (Å²) in [5.41, 5.74) is 2.62. The van der Waals surface area contributed by atoms with E-state index in [1.165, 1.54) is 11.1 Å². The Morgan fingerprint density at radius 1 is 1.45 bits per heavy atom. The van der Waals surface area contributed by atoms with Crippen LogP contribution in [0.2, 0.25) is 5.02 Å². The van der Waals surface area contributed by atoms with E-state index in [9.17, 15) is 8.42 Å². The van der Waals surface area contributed by atoms with Gasteiger partial charge in [0.25, 0.3) is 0 Å². The number of rotatable bonds is 5. The summed E-state index contributed by atoms with van der Waals surface area (Å²) in [4.78, 5) is 0. The number of benzene rings is 1. The van der Waals surface area contributed by atoms with Crippen molar-refractivity contribution in [3.63, 3.8) is 0 Å². The van der Waals surface area contributed by atoms with Crippen LogP contribution in [0.3, 0.4) is 0 Å². The second-order valence-electron chi connectivity index (χ2n) is 6.12. The Kier molecular flexibility index (Phi) is 4.44. The maximum Gasteiger partial charge on any atom is 0.209 e. The lowest BCUT2D eigenvalue weighted by Crippen LogP contribution is -2.32. The van der Waals surface area contributed by atoms with Crippen molar-refractivity contribution in [2.45, 2.75) is 32.7 Å². The zero-order valence-electron chi connectivity index (χ0n) is 11.8. The first-order valence-electron chi connectivity index (χ1n) is 6.71. The third kappa shape index (κ3) is 3.73. The van der Waals surface area contributed by atoms with Gasteiger partial charge in [0.15, 0.2) is 0 Å². The van der Waals surface area contributed by atoms with Crippen molar-refractivity contribution < 1.29 is 8.42 Å². The molecule has 0 saturated heterocycles. The van der Waals surface area contributed by atoms with Gasteiger partial charge in [-0.1, -0.05) is 31.5 Å². The van der Waals surface area contributed by atoms with Gasteiger partial charge in [0.1, 0.15) is 0 Å². The number of fused-ring (bicyclic) bond motifs is 1. The summed E-state index contributed by atoms with van der Waals surface area (Å²) in [5, 5.41) is 9.19. The van der Waals surface area contributed by atoms with Crippen LogP contribution in [0.25, 0.3) is 0 Å². The highest BCUT2D eigenvalue weighted by atomic mass is 35.5. The normalized spacial score (nSPS) is 20.9. The minimum Gasteiger partial charge on any atom is -0.309 e. The van der Waals surface area contributed by atoms with Crippen LogP contribution >= 0.6 is 11.6 Å². The maximum absolute atomic E-state index is 10.9. The van der Waals surface area contributed by atoms with Crippen LogP contribution in [-0.4, -0.2) is 20.7 Å². The molecule has 0 heterocycles. The molecule has 2 rings (SSSR count). The van der Waals surface area contributed by atoms with E-state index >= 15 is 0 Å². The molecule has 6 heteroatoms. The minimum absolute atomic E-state index is 0.00948. The van der Waals surface area contributed by atoms with Gasteiger partial charge in [-0.2, -0.15) is 0 Å². The van der Waals surface area contributed by atoms with Crippen LogP contribution in [0.1, 0.15) is 37.4 Å². The number of hydrogen-bond donors (Lipinski definition) is 2. The largest absolute Gasteiger partial charge is 0.309 e. The molecule has 4 nitrogen and oxygen atoms in total. The van der Waals surface area contributed by atoms with Crippen molar-refractivity contribution in [2.75, 3.05) is 12.3 Å². The van der Waals surface area contributed by atoms with Crippen LogP contribution in [-0.2, 0) is 16.4 Å². The summed E-state index contributed by atoms with van der Waals surface area (Å²) in [6, 6.07) is 6.19. The van der Waals surface area contributed by atoms with Gasteiger partial charge >= 0.3 is 0 Å². The van der Waals surface area contributed by atoms with Gasteiger partial charge < -0.3 is 5.32 Å².